The van der Waals surface area contributed by atoms with Gasteiger partial charge >= 0.3 is 0 Å². The van der Waals surface area contributed by atoms with Gasteiger partial charge in [-0.2, -0.15) is 0 Å². The van der Waals surface area contributed by atoms with Gasteiger partial charge in [0.1, 0.15) is 5.75 Å². The lowest BCUT2D eigenvalue weighted by molar-refractivity contribution is -0.251. The molecule has 1 aromatic rings. The molecule has 1 fully saturated rings. The van der Waals surface area contributed by atoms with Crippen LogP contribution in [0.25, 0.3) is 0 Å². The molecule has 0 bridgehead atoms. The molecule has 0 spiro atoms. The van der Waals surface area contributed by atoms with E-state index >= 15 is 0 Å². The molecule has 1 aromatic carbocycles. The zero-order valence-electron chi connectivity index (χ0n) is 21.9. The number of hydrogen-bond donors (Lipinski definition) is 1. The minimum Gasteiger partial charge on any atom is -0.497 e. The molecule has 0 atom stereocenters. The van der Waals surface area contributed by atoms with Gasteiger partial charge in [0.05, 0.1) is 39.0 Å². The molecule has 0 radical (unpaired) electrons. The molecule has 1 aliphatic heterocycles. The van der Waals surface area contributed by atoms with Gasteiger partial charge in [-0.15, -0.1) is 0 Å². The van der Waals surface area contributed by atoms with E-state index < -0.39 is 11.7 Å². The largest absolute Gasteiger partial charge is 0.497 e. The number of aliphatic hydroxyl groups is 1. The van der Waals surface area contributed by atoms with Crippen molar-refractivity contribution in [2.24, 2.45) is 5.41 Å². The Morgan fingerprint density at radius 1 is 0.794 bits per heavy atom. The maximum absolute atomic E-state index is 9.94. The fourth-order valence-corrected chi connectivity index (χ4v) is 4.46. The summed E-state index contributed by atoms with van der Waals surface area (Å²) in [5, 5.41) is 9.94. The normalized spacial score (nSPS) is 20.5. The summed E-state index contributed by atoms with van der Waals surface area (Å²) in [5.74, 6) is 0.807. The maximum Gasteiger partial charge on any atom is 0.183 e. The van der Waals surface area contributed by atoms with Gasteiger partial charge in [-0.1, -0.05) is 103 Å². The first-order chi connectivity index (χ1) is 16.7. The lowest BCUT2D eigenvalue weighted by Gasteiger charge is -2.38. The molecular formula is C29H50O5. The zero-order chi connectivity index (χ0) is 24.3. The van der Waals surface area contributed by atoms with Crippen molar-refractivity contribution in [3.05, 3.63) is 29.8 Å². The smallest absolute Gasteiger partial charge is 0.183 e. The second kappa shape index (κ2) is 18.2. The van der Waals surface area contributed by atoms with Crippen molar-refractivity contribution in [3.8, 4) is 5.75 Å². The van der Waals surface area contributed by atoms with Crippen LogP contribution in [-0.4, -0.2) is 45.3 Å². The molecule has 0 unspecified atom stereocenters. The van der Waals surface area contributed by atoms with Gasteiger partial charge in [0.2, 0.25) is 0 Å². The summed E-state index contributed by atoms with van der Waals surface area (Å²) in [6.45, 7) is 4.35. The van der Waals surface area contributed by atoms with Gasteiger partial charge in [0.15, 0.2) is 6.29 Å². The highest BCUT2D eigenvalue weighted by atomic mass is 16.7. The fourth-order valence-electron chi connectivity index (χ4n) is 4.46. The van der Waals surface area contributed by atoms with Crippen molar-refractivity contribution in [1.29, 1.82) is 0 Å². The Bertz CT molecular complexity index is 595. The highest BCUT2D eigenvalue weighted by molar-refractivity contribution is 5.28. The molecule has 1 heterocycles. The maximum atomic E-state index is 9.94. The summed E-state index contributed by atoms with van der Waals surface area (Å²) in [7, 11) is 1.65. The molecular weight excluding hydrogens is 428 g/mol. The van der Waals surface area contributed by atoms with Crippen LogP contribution in [0.15, 0.2) is 24.3 Å². The van der Waals surface area contributed by atoms with E-state index in [4.69, 9.17) is 18.9 Å². The van der Waals surface area contributed by atoms with Crippen molar-refractivity contribution < 1.29 is 24.1 Å². The minimum atomic E-state index is -0.473. The van der Waals surface area contributed by atoms with Gasteiger partial charge < -0.3 is 24.1 Å². The molecule has 0 amide bonds. The van der Waals surface area contributed by atoms with Crippen LogP contribution in [-0.2, 0) is 14.2 Å². The third-order valence-corrected chi connectivity index (χ3v) is 6.86. The molecule has 0 aromatic heterocycles. The fraction of sp³-hybridized carbons (Fsp3) is 0.793. The van der Waals surface area contributed by atoms with E-state index in [0.717, 1.165) is 24.3 Å². The van der Waals surface area contributed by atoms with E-state index in [0.29, 0.717) is 19.8 Å². The average Bonchev–Trinajstić information content (AvgIpc) is 2.89. The van der Waals surface area contributed by atoms with Crippen molar-refractivity contribution in [3.63, 3.8) is 0 Å². The molecule has 1 aliphatic rings. The molecule has 1 saturated heterocycles. The van der Waals surface area contributed by atoms with Crippen LogP contribution < -0.4 is 4.74 Å². The van der Waals surface area contributed by atoms with Gasteiger partial charge in [0.25, 0.3) is 0 Å². The monoisotopic (exact) mass is 478 g/mol. The summed E-state index contributed by atoms with van der Waals surface area (Å²) in [4.78, 5) is 0. The summed E-state index contributed by atoms with van der Waals surface area (Å²) in [6.07, 6.45) is 18.6. The van der Waals surface area contributed by atoms with Crippen LogP contribution in [0.1, 0.15) is 109 Å². The molecule has 1 N–H and O–H groups in total. The van der Waals surface area contributed by atoms with Crippen LogP contribution in [0.4, 0.5) is 0 Å². The summed E-state index contributed by atoms with van der Waals surface area (Å²) in [6, 6.07) is 7.69. The van der Waals surface area contributed by atoms with Crippen molar-refractivity contribution in [2.75, 3.05) is 40.1 Å². The van der Waals surface area contributed by atoms with Gasteiger partial charge in [-0.05, 0) is 18.6 Å². The van der Waals surface area contributed by atoms with Crippen molar-refractivity contribution >= 4 is 0 Å². The Hall–Kier alpha value is -1.14. The number of hydrogen-bond acceptors (Lipinski definition) is 5. The van der Waals surface area contributed by atoms with Gasteiger partial charge in [-0.3, -0.25) is 0 Å². The van der Waals surface area contributed by atoms with E-state index in [9.17, 15) is 5.11 Å². The Morgan fingerprint density at radius 3 is 1.76 bits per heavy atom. The van der Waals surface area contributed by atoms with E-state index in [1.54, 1.807) is 7.11 Å². The lowest BCUT2D eigenvalue weighted by atomic mass is 9.91. The SMILES string of the molecule is CCCCCCCCCCCCCCCCOCC1(CO)COC(c2ccc(OC)cc2)OC1. The van der Waals surface area contributed by atoms with Crippen molar-refractivity contribution in [1.82, 2.24) is 0 Å². The van der Waals surface area contributed by atoms with Gasteiger partial charge in [0, 0.05) is 12.2 Å². The quantitative estimate of drug-likeness (QED) is 0.201. The molecule has 34 heavy (non-hydrogen) atoms. The Labute approximate surface area is 208 Å². The second-order valence-electron chi connectivity index (χ2n) is 10.0. The van der Waals surface area contributed by atoms with E-state index in [1.165, 1.54) is 83.5 Å². The molecule has 5 heteroatoms. The Morgan fingerprint density at radius 2 is 1.29 bits per heavy atom. The number of aliphatic hydroxyl groups excluding tert-OH is 1. The van der Waals surface area contributed by atoms with E-state index in [2.05, 4.69) is 6.92 Å². The highest BCUT2D eigenvalue weighted by Gasteiger charge is 2.37. The second-order valence-corrected chi connectivity index (χ2v) is 10.0. The van der Waals surface area contributed by atoms with Crippen LogP contribution in [0.3, 0.4) is 0 Å². The molecule has 5 nitrogen and oxygen atoms in total. The molecule has 2 rings (SSSR count). The number of unbranched alkanes of at least 4 members (excludes halogenated alkanes) is 13. The molecule has 196 valence electrons. The van der Waals surface area contributed by atoms with Crippen molar-refractivity contribution in [2.45, 2.75) is 103 Å². The minimum absolute atomic E-state index is 0.00106. The lowest BCUT2D eigenvalue weighted by Crippen LogP contribution is -2.45. The molecule has 0 saturated carbocycles. The topological polar surface area (TPSA) is 57.2 Å². The first-order valence-corrected chi connectivity index (χ1v) is 13.8. The zero-order valence-corrected chi connectivity index (χ0v) is 21.9. The highest BCUT2D eigenvalue weighted by Crippen LogP contribution is 2.32. The van der Waals surface area contributed by atoms with E-state index in [1.807, 2.05) is 24.3 Å². The number of ether oxygens (including phenoxy) is 4. The Kier molecular flexibility index (Phi) is 15.6. The first kappa shape index (κ1) is 29.1. The van der Waals surface area contributed by atoms with Crippen LogP contribution in [0.5, 0.6) is 5.75 Å². The van der Waals surface area contributed by atoms with Crippen LogP contribution in [0.2, 0.25) is 0 Å². The summed E-state index contributed by atoms with van der Waals surface area (Å²) in [5.41, 5.74) is 0.481. The molecule has 0 aliphatic carbocycles. The number of methoxy groups -OCH3 is 1. The summed E-state index contributed by atoms with van der Waals surface area (Å²) >= 11 is 0. The summed E-state index contributed by atoms with van der Waals surface area (Å²) < 4.78 is 22.9. The Balaban J connectivity index is 1.44. The third-order valence-electron chi connectivity index (χ3n) is 6.86. The predicted octanol–water partition coefficient (Wildman–Crippen LogP) is 7.22. The van der Waals surface area contributed by atoms with Crippen LogP contribution >= 0.6 is 0 Å². The third kappa shape index (κ3) is 11.5. The first-order valence-electron chi connectivity index (χ1n) is 13.8. The average molecular weight is 479 g/mol. The number of rotatable bonds is 20. The van der Waals surface area contributed by atoms with Crippen LogP contribution in [0, 0.1) is 5.41 Å². The number of benzene rings is 1. The van der Waals surface area contributed by atoms with Gasteiger partial charge in [-0.25, -0.2) is 0 Å². The van der Waals surface area contributed by atoms with E-state index in [-0.39, 0.29) is 6.61 Å². The standard InChI is InChI=1S/C29H50O5/c1-3-4-5-6-7-8-9-10-11-12-13-14-15-16-21-32-23-29(22-30)24-33-28(34-25-29)26-17-19-27(31-2)20-18-26/h17-20,28,30H,3-16,21-25H2,1-2H3. The predicted molar refractivity (Wildman–Crippen MR) is 138 cm³/mol.